The first kappa shape index (κ1) is 14.8. The molecule has 1 amide bonds. The molecule has 2 aromatic carbocycles. The van der Waals surface area contributed by atoms with E-state index in [1.165, 1.54) is 0 Å². The van der Waals surface area contributed by atoms with Gasteiger partial charge in [0.1, 0.15) is 0 Å². The van der Waals surface area contributed by atoms with Crippen molar-refractivity contribution in [1.29, 1.82) is 0 Å². The third kappa shape index (κ3) is 2.78. The zero-order valence-electron chi connectivity index (χ0n) is 11.7. The molecule has 0 atom stereocenters. The Morgan fingerprint density at radius 2 is 2.09 bits per heavy atom. The van der Waals surface area contributed by atoms with E-state index in [9.17, 15) is 9.59 Å². The van der Waals surface area contributed by atoms with E-state index in [4.69, 9.17) is 9.84 Å². The van der Waals surface area contributed by atoms with Crippen LogP contribution < -0.4 is 30.8 Å². The van der Waals surface area contributed by atoms with Gasteiger partial charge in [-0.3, -0.25) is 0 Å². The summed E-state index contributed by atoms with van der Waals surface area (Å²) in [6.45, 7) is 0.422. The van der Waals surface area contributed by atoms with Gasteiger partial charge in [0, 0.05) is 0 Å². The fourth-order valence-electron chi connectivity index (χ4n) is 2.27. The predicted molar refractivity (Wildman–Crippen MR) is 76.7 cm³/mol. The van der Waals surface area contributed by atoms with Crippen molar-refractivity contribution >= 4 is 15.6 Å². The number of halogens is 1. The number of aromatic carboxylic acids is 1. The second-order valence-corrected chi connectivity index (χ2v) is 7.38. The molecule has 1 N–H and O–H groups in total. The van der Waals surface area contributed by atoms with Gasteiger partial charge >= 0.3 is 138 Å². The number of amides is 1. The molecule has 114 valence electrons. The van der Waals surface area contributed by atoms with E-state index in [0.29, 0.717) is 6.54 Å². The second-order valence-electron chi connectivity index (χ2n) is 4.76. The number of rotatable bonds is 4. The minimum atomic E-state index is -0.985. The molecule has 0 aliphatic carbocycles. The molecule has 2 aromatic rings. The number of carbonyl (C=O) groups excluding carboxylic acids is 1. The molecule has 0 saturated carbocycles. The first-order valence-corrected chi connectivity index (χ1v) is 8.71. The van der Waals surface area contributed by atoms with Crippen LogP contribution in [0.25, 0.3) is 0 Å². The topological polar surface area (TPSA) is 66.8 Å². The van der Waals surface area contributed by atoms with Crippen LogP contribution in [0.15, 0.2) is 42.5 Å². The van der Waals surface area contributed by atoms with Gasteiger partial charge in [0.25, 0.3) is 0 Å². The number of hydrogen-bond donors (Lipinski definition) is 1. The summed E-state index contributed by atoms with van der Waals surface area (Å²) in [5.41, 5.74) is 1.87. The number of fused-ring (bicyclic) bond motifs is 1. The fraction of sp³-hybridized carbons (Fsp3) is 0.125. The zero-order chi connectivity index (χ0) is 15.7. The maximum absolute atomic E-state index is 12.3. The molecule has 1 heterocycles. The molecular weight excluding hydrogens is 397 g/mol. The van der Waals surface area contributed by atoms with Gasteiger partial charge in [0.15, 0.2) is 0 Å². The average molecular weight is 410 g/mol. The summed E-state index contributed by atoms with van der Waals surface area (Å²) >= 11 is -0.760. The van der Waals surface area contributed by atoms with Crippen molar-refractivity contribution in [2.24, 2.45) is 0 Å². The summed E-state index contributed by atoms with van der Waals surface area (Å²) in [4.78, 5) is 25.1. The predicted octanol–water partition coefficient (Wildman–Crippen LogP) is -0.208. The van der Waals surface area contributed by atoms with Crippen LogP contribution in [-0.2, 0) is 6.54 Å². The van der Waals surface area contributed by atoms with Crippen molar-refractivity contribution in [3.05, 3.63) is 57.2 Å². The standard InChI is InChI=1S/C16H13INO4/c1-22-12-4-2-3-10(7-12)9-18-14-8-11(15(19)20)5-6-13(14)17-16(18)21/h2-8H,9H2,1H3,(H,19,20)/q-1. The SMILES string of the molecule is COc1cccc(CN2C(=O)[I-]c3ccc(C(=O)O)cc32)c1. The van der Waals surface area contributed by atoms with E-state index in [-0.39, 0.29) is 9.48 Å². The van der Waals surface area contributed by atoms with Crippen molar-refractivity contribution in [3.63, 3.8) is 0 Å². The van der Waals surface area contributed by atoms with E-state index in [1.807, 2.05) is 24.3 Å². The molecule has 0 aromatic heterocycles. The van der Waals surface area contributed by atoms with Crippen LogP contribution in [0.2, 0.25) is 0 Å². The van der Waals surface area contributed by atoms with Crippen LogP contribution in [0.4, 0.5) is 10.5 Å². The van der Waals surface area contributed by atoms with Gasteiger partial charge in [-0.15, -0.1) is 0 Å². The number of carboxylic acids is 1. The quantitative estimate of drug-likeness (QED) is 0.431. The van der Waals surface area contributed by atoms with Crippen molar-refractivity contribution in [2.45, 2.75) is 6.54 Å². The monoisotopic (exact) mass is 410 g/mol. The van der Waals surface area contributed by atoms with Crippen LogP contribution in [-0.4, -0.2) is 22.1 Å². The number of benzene rings is 2. The van der Waals surface area contributed by atoms with E-state index in [2.05, 4.69) is 0 Å². The van der Waals surface area contributed by atoms with Crippen LogP contribution in [0, 0.1) is 3.57 Å². The minimum absolute atomic E-state index is 0.0826. The molecular formula is C16H13INO4-. The first-order valence-electron chi connectivity index (χ1n) is 6.55. The van der Waals surface area contributed by atoms with E-state index >= 15 is 0 Å². The van der Waals surface area contributed by atoms with Gasteiger partial charge in [-0.1, -0.05) is 0 Å². The van der Waals surface area contributed by atoms with Gasteiger partial charge in [-0.05, 0) is 0 Å². The Morgan fingerprint density at radius 3 is 2.82 bits per heavy atom. The number of carbonyl (C=O) groups is 2. The number of ether oxygens (including phenoxy) is 1. The number of anilines is 1. The molecule has 0 unspecified atom stereocenters. The Labute approximate surface area is 137 Å². The van der Waals surface area contributed by atoms with Crippen molar-refractivity contribution < 1.29 is 40.6 Å². The second kappa shape index (κ2) is 5.96. The molecule has 5 nitrogen and oxygen atoms in total. The van der Waals surface area contributed by atoms with Gasteiger partial charge in [-0.25, -0.2) is 0 Å². The van der Waals surface area contributed by atoms with Crippen LogP contribution in [0.1, 0.15) is 15.9 Å². The Morgan fingerprint density at radius 1 is 1.27 bits per heavy atom. The molecule has 0 saturated heterocycles. The fourth-order valence-corrected chi connectivity index (χ4v) is 4.57. The molecule has 22 heavy (non-hydrogen) atoms. The summed E-state index contributed by atoms with van der Waals surface area (Å²) in [6, 6.07) is 12.4. The Kier molecular flexibility index (Phi) is 4.02. The molecule has 0 radical (unpaired) electrons. The molecule has 1 aliphatic rings. The summed E-state index contributed by atoms with van der Waals surface area (Å²) in [7, 11) is 1.60. The number of hydrogen-bond acceptors (Lipinski definition) is 3. The van der Waals surface area contributed by atoms with Crippen LogP contribution in [0.3, 0.4) is 0 Å². The summed E-state index contributed by atoms with van der Waals surface area (Å²) in [5, 5.41) is 9.12. The van der Waals surface area contributed by atoms with Gasteiger partial charge in [-0.2, -0.15) is 0 Å². The zero-order valence-corrected chi connectivity index (χ0v) is 13.9. The van der Waals surface area contributed by atoms with Gasteiger partial charge in [0.05, 0.1) is 0 Å². The maximum atomic E-state index is 12.3. The van der Waals surface area contributed by atoms with Crippen LogP contribution in [0.5, 0.6) is 5.75 Å². The third-order valence-corrected chi connectivity index (χ3v) is 5.89. The van der Waals surface area contributed by atoms with Crippen LogP contribution >= 0.6 is 0 Å². The molecule has 0 bridgehead atoms. The number of nitrogens with zero attached hydrogens (tertiary/aromatic N) is 1. The van der Waals surface area contributed by atoms with Crippen molar-refractivity contribution in [3.8, 4) is 5.75 Å². The number of methoxy groups -OCH3 is 1. The Balaban J connectivity index is 1.93. The Bertz CT molecular complexity index is 760. The number of carboxylic acid groups (broad SMARTS) is 1. The van der Waals surface area contributed by atoms with Gasteiger partial charge < -0.3 is 0 Å². The summed E-state index contributed by atoms with van der Waals surface area (Å²) in [6.07, 6.45) is 0. The molecule has 0 fully saturated rings. The van der Waals surface area contributed by atoms with E-state index in [0.717, 1.165) is 20.6 Å². The average Bonchev–Trinajstić information content (AvgIpc) is 2.82. The van der Waals surface area contributed by atoms with E-state index < -0.39 is 27.2 Å². The molecule has 1 aliphatic heterocycles. The van der Waals surface area contributed by atoms with Gasteiger partial charge in [0.2, 0.25) is 0 Å². The molecule has 0 spiro atoms. The summed E-state index contributed by atoms with van der Waals surface area (Å²) < 4.78 is 6.24. The van der Waals surface area contributed by atoms with E-state index in [1.54, 1.807) is 30.2 Å². The first-order chi connectivity index (χ1) is 10.6. The third-order valence-electron chi connectivity index (χ3n) is 3.35. The molecule has 3 rings (SSSR count). The van der Waals surface area contributed by atoms with Crippen molar-refractivity contribution in [2.75, 3.05) is 12.0 Å². The summed E-state index contributed by atoms with van der Waals surface area (Å²) in [5.74, 6) is -0.250. The Hall–Kier alpha value is -2.09. The van der Waals surface area contributed by atoms with Crippen molar-refractivity contribution in [1.82, 2.24) is 0 Å². The normalized spacial score (nSPS) is 13.5. The molecule has 6 heteroatoms.